The molecule has 2 amide bonds. The zero-order valence-corrected chi connectivity index (χ0v) is 17.0. The number of carbonyl (C=O) groups is 1. The molecule has 3 heterocycles. The first-order valence-electron chi connectivity index (χ1n) is 10.6. The van der Waals surface area contributed by atoms with Gasteiger partial charge in [0.05, 0.1) is 0 Å². The summed E-state index contributed by atoms with van der Waals surface area (Å²) >= 11 is 0. The molecule has 2 saturated heterocycles. The van der Waals surface area contributed by atoms with E-state index in [0.717, 1.165) is 49.0 Å². The lowest BCUT2D eigenvalue weighted by atomic mass is 10.1. The van der Waals surface area contributed by atoms with Gasteiger partial charge in [-0.1, -0.05) is 30.3 Å². The third-order valence-corrected chi connectivity index (χ3v) is 5.91. The van der Waals surface area contributed by atoms with Gasteiger partial charge in [-0.15, -0.1) is 0 Å². The van der Waals surface area contributed by atoms with E-state index in [1.54, 1.807) is 0 Å². The predicted octanol–water partition coefficient (Wildman–Crippen LogP) is 3.58. The first-order valence-corrected chi connectivity index (χ1v) is 10.6. The Kier molecular flexibility index (Phi) is 5.09. The van der Waals surface area contributed by atoms with Crippen LogP contribution in [0.3, 0.4) is 0 Å². The molecule has 5 rings (SSSR count). The van der Waals surface area contributed by atoms with Crippen molar-refractivity contribution in [2.45, 2.75) is 12.8 Å². The number of nitrogens with zero attached hydrogens (tertiary/aromatic N) is 5. The zero-order valence-electron chi connectivity index (χ0n) is 17.0. The lowest BCUT2D eigenvalue weighted by molar-refractivity contribution is 0.208. The smallest absolute Gasteiger partial charge is 0.321 e. The van der Waals surface area contributed by atoms with Crippen LogP contribution in [0.5, 0.6) is 0 Å². The Morgan fingerprint density at radius 3 is 2.40 bits per heavy atom. The molecule has 2 aliphatic rings. The molecule has 30 heavy (non-hydrogen) atoms. The lowest BCUT2D eigenvalue weighted by Crippen LogP contribution is -2.50. The number of amides is 2. The van der Waals surface area contributed by atoms with Crippen LogP contribution in [-0.4, -0.2) is 60.2 Å². The number of anilines is 3. The topological polar surface area (TPSA) is 64.6 Å². The van der Waals surface area contributed by atoms with Gasteiger partial charge in [-0.05, 0) is 41.8 Å². The molecule has 0 unspecified atom stereocenters. The minimum absolute atomic E-state index is 0.0506. The molecular formula is C23H26N6O. The second-order valence-corrected chi connectivity index (χ2v) is 7.88. The quantitative estimate of drug-likeness (QED) is 0.725. The monoisotopic (exact) mass is 402 g/mol. The van der Waals surface area contributed by atoms with Crippen LogP contribution in [0.15, 0.2) is 54.7 Å². The van der Waals surface area contributed by atoms with E-state index in [2.05, 4.69) is 32.2 Å². The lowest BCUT2D eigenvalue weighted by Gasteiger charge is -2.35. The van der Waals surface area contributed by atoms with E-state index in [9.17, 15) is 4.79 Å². The standard InChI is InChI=1S/C23H26N6O/c30-23(25-20-8-7-18-5-1-2-6-19(18)17-20)29-15-13-27(14-16-29)21-9-10-24-22(26-21)28-11-3-4-12-28/h1-2,5-10,17H,3-4,11-16H2,(H,25,30). The summed E-state index contributed by atoms with van der Waals surface area (Å²) in [6.07, 6.45) is 4.26. The maximum absolute atomic E-state index is 12.7. The molecule has 7 nitrogen and oxygen atoms in total. The van der Waals surface area contributed by atoms with Crippen molar-refractivity contribution in [2.24, 2.45) is 0 Å². The van der Waals surface area contributed by atoms with Gasteiger partial charge >= 0.3 is 6.03 Å². The van der Waals surface area contributed by atoms with Gasteiger partial charge in [0.2, 0.25) is 5.95 Å². The fourth-order valence-corrected chi connectivity index (χ4v) is 4.19. The van der Waals surface area contributed by atoms with E-state index in [0.29, 0.717) is 13.1 Å². The van der Waals surface area contributed by atoms with E-state index < -0.39 is 0 Å². The van der Waals surface area contributed by atoms with Crippen molar-refractivity contribution in [2.75, 3.05) is 54.4 Å². The molecule has 154 valence electrons. The summed E-state index contributed by atoms with van der Waals surface area (Å²) in [5, 5.41) is 5.33. The Bertz CT molecular complexity index is 1040. The molecule has 3 aromatic rings. The normalized spacial score (nSPS) is 16.9. The number of hydrogen-bond donors (Lipinski definition) is 1. The summed E-state index contributed by atoms with van der Waals surface area (Å²) in [5.41, 5.74) is 0.826. The summed E-state index contributed by atoms with van der Waals surface area (Å²) in [4.78, 5) is 28.3. The number of benzene rings is 2. The third kappa shape index (κ3) is 3.87. The van der Waals surface area contributed by atoms with Crippen LogP contribution in [0.1, 0.15) is 12.8 Å². The van der Waals surface area contributed by atoms with Gasteiger partial charge in [0.1, 0.15) is 5.82 Å². The van der Waals surface area contributed by atoms with Gasteiger partial charge in [-0.3, -0.25) is 0 Å². The molecular weight excluding hydrogens is 376 g/mol. The average molecular weight is 403 g/mol. The molecule has 0 atom stereocenters. The molecule has 1 aromatic heterocycles. The number of urea groups is 1. The molecule has 2 aromatic carbocycles. The van der Waals surface area contributed by atoms with Crippen molar-refractivity contribution in [3.05, 3.63) is 54.7 Å². The maximum Gasteiger partial charge on any atom is 0.321 e. The van der Waals surface area contributed by atoms with Crippen molar-refractivity contribution < 1.29 is 4.79 Å². The predicted molar refractivity (Wildman–Crippen MR) is 120 cm³/mol. The Labute approximate surface area is 176 Å². The van der Waals surface area contributed by atoms with Crippen LogP contribution in [0.25, 0.3) is 10.8 Å². The second-order valence-electron chi connectivity index (χ2n) is 7.88. The number of hydrogen-bond acceptors (Lipinski definition) is 5. The summed E-state index contributed by atoms with van der Waals surface area (Å²) in [6.45, 7) is 4.94. The fraction of sp³-hybridized carbons (Fsp3) is 0.348. The molecule has 0 bridgehead atoms. The maximum atomic E-state index is 12.7. The third-order valence-electron chi connectivity index (χ3n) is 5.91. The highest BCUT2D eigenvalue weighted by Gasteiger charge is 2.23. The fourth-order valence-electron chi connectivity index (χ4n) is 4.19. The first kappa shape index (κ1) is 18.7. The van der Waals surface area contributed by atoms with Crippen molar-refractivity contribution in [1.29, 1.82) is 0 Å². The second kappa shape index (κ2) is 8.18. The number of rotatable bonds is 3. The van der Waals surface area contributed by atoms with Crippen LogP contribution in [0, 0.1) is 0 Å². The van der Waals surface area contributed by atoms with Crippen LogP contribution >= 0.6 is 0 Å². The largest absolute Gasteiger partial charge is 0.353 e. The summed E-state index contributed by atoms with van der Waals surface area (Å²) in [6, 6.07) is 16.1. The minimum atomic E-state index is -0.0506. The number of fused-ring (bicyclic) bond motifs is 1. The summed E-state index contributed by atoms with van der Waals surface area (Å²) < 4.78 is 0. The number of piperazine rings is 1. The van der Waals surface area contributed by atoms with Crippen LogP contribution in [0.4, 0.5) is 22.2 Å². The van der Waals surface area contributed by atoms with Gasteiger partial charge in [0, 0.05) is 51.2 Å². The van der Waals surface area contributed by atoms with Crippen LogP contribution < -0.4 is 15.1 Å². The first-order chi connectivity index (χ1) is 14.8. The number of carbonyl (C=O) groups excluding carboxylic acids is 1. The highest BCUT2D eigenvalue weighted by molar-refractivity contribution is 5.93. The van der Waals surface area contributed by atoms with E-state index >= 15 is 0 Å². The molecule has 2 fully saturated rings. The van der Waals surface area contributed by atoms with Crippen molar-refractivity contribution in [1.82, 2.24) is 14.9 Å². The van der Waals surface area contributed by atoms with Gasteiger partial charge in [0.25, 0.3) is 0 Å². The highest BCUT2D eigenvalue weighted by atomic mass is 16.2. The van der Waals surface area contributed by atoms with Crippen LogP contribution in [0.2, 0.25) is 0 Å². The van der Waals surface area contributed by atoms with Gasteiger partial charge in [-0.2, -0.15) is 4.98 Å². The van der Waals surface area contributed by atoms with E-state index in [4.69, 9.17) is 4.98 Å². The molecule has 0 saturated carbocycles. The Balaban J connectivity index is 1.20. The molecule has 0 spiro atoms. The SMILES string of the molecule is O=C(Nc1ccc2ccccc2c1)N1CCN(c2ccnc(N3CCCC3)n2)CC1. The Morgan fingerprint density at radius 1 is 0.833 bits per heavy atom. The highest BCUT2D eigenvalue weighted by Crippen LogP contribution is 2.21. The average Bonchev–Trinajstić information content (AvgIpc) is 3.34. The van der Waals surface area contributed by atoms with E-state index in [-0.39, 0.29) is 6.03 Å². The van der Waals surface area contributed by atoms with Crippen molar-refractivity contribution in [3.8, 4) is 0 Å². The van der Waals surface area contributed by atoms with E-state index in [1.165, 1.54) is 18.2 Å². The minimum Gasteiger partial charge on any atom is -0.353 e. The van der Waals surface area contributed by atoms with Crippen molar-refractivity contribution in [3.63, 3.8) is 0 Å². The molecule has 2 aliphatic heterocycles. The summed E-state index contributed by atoms with van der Waals surface area (Å²) in [7, 11) is 0. The van der Waals surface area contributed by atoms with Gasteiger partial charge < -0.3 is 20.0 Å². The molecule has 1 N–H and O–H groups in total. The van der Waals surface area contributed by atoms with Crippen molar-refractivity contribution >= 4 is 34.3 Å². The molecule has 0 radical (unpaired) electrons. The molecule has 7 heteroatoms. The molecule has 0 aliphatic carbocycles. The van der Waals surface area contributed by atoms with Gasteiger partial charge in [0.15, 0.2) is 0 Å². The van der Waals surface area contributed by atoms with E-state index in [1.807, 2.05) is 47.5 Å². The van der Waals surface area contributed by atoms with Gasteiger partial charge in [-0.25, -0.2) is 9.78 Å². The Morgan fingerprint density at radius 2 is 1.60 bits per heavy atom. The van der Waals surface area contributed by atoms with Crippen LogP contribution in [-0.2, 0) is 0 Å². The number of nitrogens with one attached hydrogen (secondary N) is 1. The Hall–Kier alpha value is -3.35. The zero-order chi connectivity index (χ0) is 20.3. The number of aromatic nitrogens is 2. The summed E-state index contributed by atoms with van der Waals surface area (Å²) in [5.74, 6) is 1.77.